The number of nitrogens with two attached hydrogens (primary N) is 1. The third-order valence-corrected chi connectivity index (χ3v) is 3.27. The van der Waals surface area contributed by atoms with Crippen molar-refractivity contribution in [2.24, 2.45) is 0 Å². The van der Waals surface area contributed by atoms with E-state index in [0.717, 1.165) is 10.6 Å². The molecule has 1 aromatic carbocycles. The van der Waals surface area contributed by atoms with E-state index in [-0.39, 0.29) is 23.2 Å². The third kappa shape index (κ3) is 3.62. The molecule has 1 aromatic heterocycles. The molecule has 8 heteroatoms. The predicted molar refractivity (Wildman–Crippen MR) is 82.3 cm³/mol. The zero-order valence-corrected chi connectivity index (χ0v) is 12.5. The molecule has 0 bridgehead atoms. The molecule has 0 spiro atoms. The first kappa shape index (κ1) is 16.0. The Kier molecular flexibility index (Phi) is 4.77. The minimum Gasteiger partial charge on any atom is -0.369 e. The predicted octanol–water partition coefficient (Wildman–Crippen LogP) is 1.82. The van der Waals surface area contributed by atoms with Gasteiger partial charge in [-0.15, -0.1) is 0 Å². The Labute approximate surface area is 130 Å². The number of benzene rings is 1. The van der Waals surface area contributed by atoms with E-state index in [1.54, 1.807) is 0 Å². The molecule has 2 aromatic rings. The third-order valence-electron chi connectivity index (χ3n) is 2.96. The Morgan fingerprint density at radius 3 is 2.77 bits per heavy atom. The Balaban J connectivity index is 2.17. The zero-order chi connectivity index (χ0) is 16.3. The molecule has 0 fully saturated rings. The van der Waals surface area contributed by atoms with Crippen molar-refractivity contribution in [2.45, 2.75) is 19.9 Å². The molecular weight excluding hydrogens is 311 g/mol. The second-order valence-electron chi connectivity index (χ2n) is 4.56. The van der Waals surface area contributed by atoms with Gasteiger partial charge in [0.1, 0.15) is 12.4 Å². The van der Waals surface area contributed by atoms with Crippen LogP contribution >= 0.6 is 11.6 Å². The molecule has 116 valence electrons. The lowest BCUT2D eigenvalue weighted by Gasteiger charge is -2.11. The monoisotopic (exact) mass is 324 g/mol. The van der Waals surface area contributed by atoms with Crippen molar-refractivity contribution in [1.82, 2.24) is 9.55 Å². The first-order chi connectivity index (χ1) is 10.4. The summed E-state index contributed by atoms with van der Waals surface area (Å²) in [6.07, 6.45) is 0.567. The van der Waals surface area contributed by atoms with E-state index in [2.05, 4.69) is 10.3 Å². The van der Waals surface area contributed by atoms with Crippen LogP contribution in [0.1, 0.15) is 12.6 Å². The second kappa shape index (κ2) is 6.57. The average Bonchev–Trinajstić information content (AvgIpc) is 2.45. The Bertz CT molecular complexity index is 776. The molecule has 3 N–H and O–H groups in total. The quantitative estimate of drug-likeness (QED) is 0.897. The molecule has 0 radical (unpaired) electrons. The molecule has 1 amide bonds. The van der Waals surface area contributed by atoms with E-state index in [1.807, 2.05) is 6.92 Å². The van der Waals surface area contributed by atoms with Crippen molar-refractivity contribution in [3.8, 4) is 0 Å². The molecule has 2 rings (SSSR count). The number of hydrogen-bond acceptors (Lipinski definition) is 4. The number of carbonyl (C=O) groups excluding carboxylic acids is 1. The number of halogens is 2. The number of carbonyl (C=O) groups is 1. The molecule has 0 saturated carbocycles. The topological polar surface area (TPSA) is 90.0 Å². The van der Waals surface area contributed by atoms with Crippen LogP contribution in [0.3, 0.4) is 0 Å². The molecule has 0 atom stereocenters. The van der Waals surface area contributed by atoms with Gasteiger partial charge in [-0.25, -0.2) is 9.37 Å². The fraction of sp³-hybridized carbons (Fsp3) is 0.214. The second-order valence-corrected chi connectivity index (χ2v) is 4.96. The van der Waals surface area contributed by atoms with E-state index >= 15 is 0 Å². The van der Waals surface area contributed by atoms with E-state index in [1.165, 1.54) is 18.2 Å². The maximum absolute atomic E-state index is 12.9. The molecule has 0 aliphatic carbocycles. The van der Waals surface area contributed by atoms with Crippen molar-refractivity contribution in [2.75, 3.05) is 11.1 Å². The highest BCUT2D eigenvalue weighted by Gasteiger charge is 2.11. The first-order valence-electron chi connectivity index (χ1n) is 6.52. The van der Waals surface area contributed by atoms with Crippen LogP contribution in [-0.2, 0) is 17.8 Å². The van der Waals surface area contributed by atoms with Crippen molar-refractivity contribution in [3.05, 3.63) is 51.2 Å². The maximum atomic E-state index is 12.9. The van der Waals surface area contributed by atoms with Crippen molar-refractivity contribution in [1.29, 1.82) is 0 Å². The van der Waals surface area contributed by atoms with E-state index in [0.29, 0.717) is 12.1 Å². The number of nitrogens with one attached hydrogen (secondary N) is 1. The van der Waals surface area contributed by atoms with E-state index in [9.17, 15) is 14.0 Å². The molecule has 6 nitrogen and oxygen atoms in total. The summed E-state index contributed by atoms with van der Waals surface area (Å²) in [6.45, 7) is 1.53. The van der Waals surface area contributed by atoms with Crippen LogP contribution in [0.25, 0.3) is 0 Å². The summed E-state index contributed by atoms with van der Waals surface area (Å²) in [6, 6.07) is 4.91. The Morgan fingerprint density at radius 2 is 2.18 bits per heavy atom. The van der Waals surface area contributed by atoms with Crippen molar-refractivity contribution in [3.63, 3.8) is 0 Å². The largest absolute Gasteiger partial charge is 0.369 e. The summed E-state index contributed by atoms with van der Waals surface area (Å²) >= 11 is 5.82. The van der Waals surface area contributed by atoms with Crippen molar-refractivity contribution >= 4 is 29.1 Å². The maximum Gasteiger partial charge on any atom is 0.255 e. The fourth-order valence-corrected chi connectivity index (χ4v) is 2.05. The number of nitrogens with zero attached hydrogens (tertiary/aromatic N) is 2. The van der Waals surface area contributed by atoms with Gasteiger partial charge in [0.15, 0.2) is 0 Å². The lowest BCUT2D eigenvalue weighted by Crippen LogP contribution is -2.30. The van der Waals surface area contributed by atoms with Gasteiger partial charge in [-0.2, -0.15) is 0 Å². The van der Waals surface area contributed by atoms with Crippen LogP contribution in [0.15, 0.2) is 29.1 Å². The normalized spacial score (nSPS) is 10.5. The van der Waals surface area contributed by atoms with Gasteiger partial charge in [0.2, 0.25) is 11.9 Å². The van der Waals surface area contributed by atoms with Crippen LogP contribution < -0.4 is 16.6 Å². The van der Waals surface area contributed by atoms with Crippen molar-refractivity contribution < 1.29 is 9.18 Å². The molecule has 0 aliphatic heterocycles. The SMILES string of the molecule is CCc1cc(=O)n(CC(=O)Nc2ccc(F)cc2Cl)c(N)n1. The van der Waals surface area contributed by atoms with Gasteiger partial charge < -0.3 is 11.1 Å². The minimum atomic E-state index is -0.520. The van der Waals surface area contributed by atoms with Crippen LogP contribution in [0.5, 0.6) is 0 Å². The number of anilines is 2. The average molecular weight is 325 g/mol. The van der Waals surface area contributed by atoms with Crippen LogP contribution in [0, 0.1) is 5.82 Å². The lowest BCUT2D eigenvalue weighted by atomic mass is 10.3. The standard InChI is InChI=1S/C14H14ClFN4O2/c1-2-9-6-13(22)20(14(17)18-9)7-12(21)19-11-4-3-8(16)5-10(11)15/h3-6H,2,7H2,1H3,(H2,17,18)(H,19,21). The summed E-state index contributed by atoms with van der Waals surface area (Å²) in [4.78, 5) is 27.9. The molecule has 22 heavy (non-hydrogen) atoms. The number of hydrogen-bond donors (Lipinski definition) is 2. The lowest BCUT2D eigenvalue weighted by molar-refractivity contribution is -0.116. The van der Waals surface area contributed by atoms with Gasteiger partial charge in [0, 0.05) is 11.8 Å². The molecule has 1 heterocycles. The summed E-state index contributed by atoms with van der Waals surface area (Å²) in [5.41, 5.74) is 6.08. The van der Waals surface area contributed by atoms with E-state index in [4.69, 9.17) is 17.3 Å². The minimum absolute atomic E-state index is 0.0373. The molecular formula is C14H14ClFN4O2. The number of nitrogen functional groups attached to an aromatic ring is 1. The highest BCUT2D eigenvalue weighted by molar-refractivity contribution is 6.33. The van der Waals surface area contributed by atoms with Gasteiger partial charge in [-0.1, -0.05) is 18.5 Å². The molecule has 0 saturated heterocycles. The number of aryl methyl sites for hydroxylation is 1. The fourth-order valence-electron chi connectivity index (χ4n) is 1.84. The highest BCUT2D eigenvalue weighted by Crippen LogP contribution is 2.22. The van der Waals surface area contributed by atoms with Gasteiger partial charge in [0.05, 0.1) is 10.7 Å². The number of aromatic nitrogens is 2. The number of amides is 1. The Hall–Kier alpha value is -2.41. The zero-order valence-electron chi connectivity index (χ0n) is 11.8. The first-order valence-corrected chi connectivity index (χ1v) is 6.89. The summed E-state index contributed by atoms with van der Waals surface area (Å²) < 4.78 is 14.0. The van der Waals surface area contributed by atoms with Crippen LogP contribution in [0.2, 0.25) is 5.02 Å². The van der Waals surface area contributed by atoms with Gasteiger partial charge in [-0.3, -0.25) is 14.2 Å². The van der Waals surface area contributed by atoms with Crippen LogP contribution in [0.4, 0.5) is 16.0 Å². The molecule has 0 aliphatic rings. The number of rotatable bonds is 4. The summed E-state index contributed by atoms with van der Waals surface area (Å²) in [5, 5.41) is 2.55. The molecule has 0 unspecified atom stereocenters. The summed E-state index contributed by atoms with van der Waals surface area (Å²) in [7, 11) is 0. The Morgan fingerprint density at radius 1 is 1.45 bits per heavy atom. The van der Waals surface area contributed by atoms with Crippen LogP contribution in [-0.4, -0.2) is 15.5 Å². The van der Waals surface area contributed by atoms with Gasteiger partial charge >= 0.3 is 0 Å². The highest BCUT2D eigenvalue weighted by atomic mass is 35.5. The van der Waals surface area contributed by atoms with Gasteiger partial charge in [0.25, 0.3) is 5.56 Å². The smallest absolute Gasteiger partial charge is 0.255 e. The summed E-state index contributed by atoms with van der Waals surface area (Å²) in [5.74, 6) is -1.07. The van der Waals surface area contributed by atoms with E-state index < -0.39 is 17.3 Å². The van der Waals surface area contributed by atoms with Gasteiger partial charge in [-0.05, 0) is 24.6 Å².